The van der Waals surface area contributed by atoms with Crippen LogP contribution in [0.25, 0.3) is 0 Å². The predicted molar refractivity (Wildman–Crippen MR) is 122 cm³/mol. The normalized spacial score (nSPS) is 10.6. The minimum atomic E-state index is -0.111. The van der Waals surface area contributed by atoms with Crippen molar-refractivity contribution in [1.82, 2.24) is 20.3 Å². The lowest BCUT2D eigenvalue weighted by Crippen LogP contribution is -2.22. The Balaban J connectivity index is 1.56. The maximum atomic E-state index is 12.3. The second-order valence-corrected chi connectivity index (χ2v) is 8.11. The van der Waals surface area contributed by atoms with Crippen molar-refractivity contribution in [2.45, 2.75) is 30.8 Å². The lowest BCUT2D eigenvalue weighted by Gasteiger charge is -2.17. The number of pyridine rings is 1. The van der Waals surface area contributed by atoms with Crippen LogP contribution in [0.1, 0.15) is 34.8 Å². The largest absolute Gasteiger partial charge is 0.360 e. The molecule has 3 aromatic rings. The Morgan fingerprint density at radius 1 is 1.17 bits per heavy atom. The quantitative estimate of drug-likeness (QED) is 0.297. The summed E-state index contributed by atoms with van der Waals surface area (Å²) < 4.78 is 0. The van der Waals surface area contributed by atoms with Gasteiger partial charge in [0.05, 0.1) is 0 Å². The van der Waals surface area contributed by atoms with Crippen LogP contribution in [0.2, 0.25) is 5.15 Å². The van der Waals surface area contributed by atoms with E-state index in [9.17, 15) is 4.79 Å². The van der Waals surface area contributed by atoms with Gasteiger partial charge in [-0.05, 0) is 35.7 Å². The number of carbonyl (C=O) groups is 1. The van der Waals surface area contributed by atoms with Crippen LogP contribution < -0.4 is 10.2 Å². The highest BCUT2D eigenvalue weighted by atomic mass is 35.5. The molecule has 156 valence electrons. The number of nitrogens with one attached hydrogen (secondary N) is 1. The number of thioether (sulfide) groups is 1. The van der Waals surface area contributed by atoms with Crippen molar-refractivity contribution < 1.29 is 4.79 Å². The molecule has 0 unspecified atom stereocenters. The monoisotopic (exact) mass is 441 g/mol. The molecule has 0 atom stereocenters. The van der Waals surface area contributed by atoms with Gasteiger partial charge in [-0.1, -0.05) is 48.5 Å². The Kier molecular flexibility index (Phi) is 8.04. The highest BCUT2D eigenvalue weighted by Crippen LogP contribution is 2.24. The summed E-state index contributed by atoms with van der Waals surface area (Å²) in [5.74, 6) is 1.40. The standard InChI is InChI=1S/C22H24ClN5OS/c1-3-11-28(2)20-12-19(23)26-22(27-20)30-15-16-6-8-18(9-7-16)21(29)25-14-17-5-4-10-24-13-17/h4-10,12-13H,3,11,14-15H2,1-2H3,(H,25,29). The minimum absolute atomic E-state index is 0.111. The van der Waals surface area contributed by atoms with Crippen molar-refractivity contribution in [3.05, 3.63) is 76.7 Å². The number of nitrogens with zero attached hydrogens (tertiary/aromatic N) is 4. The fourth-order valence-electron chi connectivity index (χ4n) is 2.78. The van der Waals surface area contributed by atoms with E-state index in [4.69, 9.17) is 11.6 Å². The van der Waals surface area contributed by atoms with Crippen molar-refractivity contribution in [2.75, 3.05) is 18.5 Å². The fraction of sp³-hybridized carbons (Fsp3) is 0.273. The van der Waals surface area contributed by atoms with Crippen molar-refractivity contribution in [1.29, 1.82) is 0 Å². The SMILES string of the molecule is CCCN(C)c1cc(Cl)nc(SCc2ccc(C(=O)NCc3cccnc3)cc2)n1. The van der Waals surface area contributed by atoms with Crippen LogP contribution in [0.3, 0.4) is 0 Å². The summed E-state index contributed by atoms with van der Waals surface area (Å²) in [6, 6.07) is 13.1. The number of hydrogen-bond acceptors (Lipinski definition) is 6. The maximum absolute atomic E-state index is 12.3. The second kappa shape index (κ2) is 10.9. The average molecular weight is 442 g/mol. The van der Waals surface area contributed by atoms with Gasteiger partial charge in [-0.3, -0.25) is 9.78 Å². The molecule has 0 fully saturated rings. The minimum Gasteiger partial charge on any atom is -0.360 e. The van der Waals surface area contributed by atoms with E-state index in [2.05, 4.69) is 32.1 Å². The molecule has 0 aliphatic carbocycles. The lowest BCUT2D eigenvalue weighted by atomic mass is 10.1. The van der Waals surface area contributed by atoms with Gasteiger partial charge in [-0.15, -0.1) is 0 Å². The number of carbonyl (C=O) groups excluding carboxylic acids is 1. The molecule has 0 aliphatic heterocycles. The summed E-state index contributed by atoms with van der Waals surface area (Å²) in [5.41, 5.74) is 2.66. The number of rotatable bonds is 9. The zero-order valence-electron chi connectivity index (χ0n) is 17.0. The zero-order valence-corrected chi connectivity index (χ0v) is 18.6. The first kappa shape index (κ1) is 22.1. The Hall–Kier alpha value is -2.64. The molecule has 1 aromatic carbocycles. The molecule has 0 saturated heterocycles. The van der Waals surface area contributed by atoms with Crippen LogP contribution in [0.5, 0.6) is 0 Å². The molecule has 0 saturated carbocycles. The van der Waals surface area contributed by atoms with E-state index in [0.717, 1.165) is 29.9 Å². The highest BCUT2D eigenvalue weighted by molar-refractivity contribution is 7.98. The van der Waals surface area contributed by atoms with Crippen LogP contribution >= 0.6 is 23.4 Å². The first-order valence-corrected chi connectivity index (χ1v) is 11.1. The Morgan fingerprint density at radius 2 is 1.97 bits per heavy atom. The van der Waals surface area contributed by atoms with Gasteiger partial charge in [0.15, 0.2) is 5.16 Å². The molecule has 0 radical (unpaired) electrons. The van der Waals surface area contributed by atoms with Crippen molar-refractivity contribution in [2.24, 2.45) is 0 Å². The summed E-state index contributed by atoms with van der Waals surface area (Å²) >= 11 is 7.68. The second-order valence-electron chi connectivity index (χ2n) is 6.78. The van der Waals surface area contributed by atoms with Crippen LogP contribution in [-0.2, 0) is 12.3 Å². The number of halogens is 1. The smallest absolute Gasteiger partial charge is 0.251 e. The molecule has 2 aromatic heterocycles. The molecule has 3 rings (SSSR count). The number of anilines is 1. The van der Waals surface area contributed by atoms with Gasteiger partial charge < -0.3 is 10.2 Å². The number of amides is 1. The average Bonchev–Trinajstić information content (AvgIpc) is 2.77. The van der Waals surface area contributed by atoms with Gasteiger partial charge in [0, 0.05) is 49.9 Å². The van der Waals surface area contributed by atoms with Crippen molar-refractivity contribution >= 4 is 35.1 Å². The van der Waals surface area contributed by atoms with Gasteiger partial charge in [-0.25, -0.2) is 9.97 Å². The fourth-order valence-corrected chi connectivity index (χ4v) is 3.82. The number of benzene rings is 1. The first-order valence-electron chi connectivity index (χ1n) is 9.69. The molecule has 6 nitrogen and oxygen atoms in total. The topological polar surface area (TPSA) is 71.0 Å². The third-order valence-corrected chi connectivity index (χ3v) is 5.48. The van der Waals surface area contributed by atoms with Crippen molar-refractivity contribution in [3.63, 3.8) is 0 Å². The lowest BCUT2D eigenvalue weighted by molar-refractivity contribution is 0.0951. The van der Waals surface area contributed by atoms with Crippen LogP contribution in [0.4, 0.5) is 5.82 Å². The third kappa shape index (κ3) is 6.43. The van der Waals surface area contributed by atoms with Crippen LogP contribution in [0.15, 0.2) is 60.0 Å². The van der Waals surface area contributed by atoms with E-state index in [1.54, 1.807) is 18.5 Å². The van der Waals surface area contributed by atoms with Gasteiger partial charge in [0.25, 0.3) is 5.91 Å². The summed E-state index contributed by atoms with van der Waals surface area (Å²) in [6.45, 7) is 3.48. The van der Waals surface area contributed by atoms with Gasteiger partial charge >= 0.3 is 0 Å². The molecule has 0 aliphatic rings. The summed E-state index contributed by atoms with van der Waals surface area (Å²) in [7, 11) is 1.99. The molecule has 0 bridgehead atoms. The Labute approximate surface area is 186 Å². The molecular formula is C22H24ClN5OS. The summed E-state index contributed by atoms with van der Waals surface area (Å²) in [4.78, 5) is 27.3. The summed E-state index contributed by atoms with van der Waals surface area (Å²) in [6.07, 6.45) is 4.48. The van der Waals surface area contributed by atoms with E-state index < -0.39 is 0 Å². The van der Waals surface area contributed by atoms with E-state index >= 15 is 0 Å². The van der Waals surface area contributed by atoms with E-state index in [1.165, 1.54) is 11.8 Å². The summed E-state index contributed by atoms with van der Waals surface area (Å²) in [5, 5.41) is 3.98. The molecule has 2 heterocycles. The third-order valence-electron chi connectivity index (χ3n) is 4.37. The number of hydrogen-bond donors (Lipinski definition) is 1. The molecule has 0 spiro atoms. The molecule has 8 heteroatoms. The number of aromatic nitrogens is 3. The van der Waals surface area contributed by atoms with E-state index in [1.807, 2.05) is 43.4 Å². The van der Waals surface area contributed by atoms with E-state index in [0.29, 0.717) is 28.2 Å². The van der Waals surface area contributed by atoms with Crippen LogP contribution in [0, 0.1) is 0 Å². The molecule has 1 amide bonds. The molecule has 1 N–H and O–H groups in total. The van der Waals surface area contributed by atoms with Gasteiger partial charge in [0.1, 0.15) is 11.0 Å². The first-order chi connectivity index (χ1) is 14.5. The van der Waals surface area contributed by atoms with Gasteiger partial charge in [0.2, 0.25) is 0 Å². The highest BCUT2D eigenvalue weighted by Gasteiger charge is 2.09. The molecule has 30 heavy (non-hydrogen) atoms. The molecular weight excluding hydrogens is 418 g/mol. The predicted octanol–water partition coefficient (Wildman–Crippen LogP) is 4.59. The Bertz CT molecular complexity index is 969. The van der Waals surface area contributed by atoms with Crippen molar-refractivity contribution in [3.8, 4) is 0 Å². The Morgan fingerprint density at radius 3 is 2.67 bits per heavy atom. The van der Waals surface area contributed by atoms with Crippen LogP contribution in [-0.4, -0.2) is 34.5 Å². The maximum Gasteiger partial charge on any atom is 0.251 e. The van der Waals surface area contributed by atoms with Gasteiger partial charge in [-0.2, -0.15) is 0 Å². The van der Waals surface area contributed by atoms with E-state index in [-0.39, 0.29) is 5.91 Å². The zero-order chi connectivity index (χ0) is 21.3.